The van der Waals surface area contributed by atoms with Crippen LogP contribution >= 0.6 is 22.6 Å². The molecule has 0 aromatic heterocycles. The molecule has 0 unspecified atom stereocenters. The van der Waals surface area contributed by atoms with Crippen molar-refractivity contribution in [2.75, 3.05) is 18.5 Å². The van der Waals surface area contributed by atoms with Crippen molar-refractivity contribution in [3.63, 3.8) is 0 Å². The van der Waals surface area contributed by atoms with Crippen LogP contribution in [0.5, 0.6) is 11.5 Å². The molecule has 10 heteroatoms. The first-order valence-corrected chi connectivity index (χ1v) is 12.9. The second kappa shape index (κ2) is 12.9. The molecule has 0 saturated heterocycles. The summed E-state index contributed by atoms with van der Waals surface area (Å²) in [6.07, 6.45) is 1.54. The van der Waals surface area contributed by atoms with E-state index in [1.165, 1.54) is 12.1 Å². The van der Waals surface area contributed by atoms with E-state index in [9.17, 15) is 14.9 Å². The quantitative estimate of drug-likeness (QED) is 0.0931. The average Bonchev–Trinajstić information content (AvgIpc) is 2.92. The molecule has 4 rings (SSSR count). The predicted octanol–water partition coefficient (Wildman–Crippen LogP) is 5.89. The van der Waals surface area contributed by atoms with Crippen LogP contribution in [-0.4, -0.2) is 30.2 Å². The van der Waals surface area contributed by atoms with E-state index in [0.717, 1.165) is 31.2 Å². The number of rotatable bonds is 11. The average molecular weight is 624 g/mol. The van der Waals surface area contributed by atoms with Gasteiger partial charge in [0.25, 0.3) is 11.6 Å². The standard InChI is InChI=1S/C28H25IN4O5/c1-2-37-26-15-20(14-24(29)28(26)38-18-19-10-12-22(13-11-19)33(35)36)16-31-32-27(34)17-30-25-9-5-7-21-6-3-4-8-23(21)25/h3-16,30H,2,17-18H2,1H3,(H,32,34)/b31-16-. The Hall–Kier alpha value is -4.19. The van der Waals surface area contributed by atoms with Crippen molar-refractivity contribution in [1.29, 1.82) is 0 Å². The minimum atomic E-state index is -0.439. The van der Waals surface area contributed by atoms with Gasteiger partial charge in [0.2, 0.25) is 0 Å². The highest BCUT2D eigenvalue weighted by Crippen LogP contribution is 2.34. The molecule has 194 valence electrons. The molecule has 0 aliphatic rings. The molecule has 0 atom stereocenters. The number of nitrogens with one attached hydrogen (secondary N) is 2. The van der Waals surface area contributed by atoms with E-state index in [2.05, 4.69) is 38.4 Å². The van der Waals surface area contributed by atoms with Crippen molar-refractivity contribution in [1.82, 2.24) is 5.43 Å². The van der Waals surface area contributed by atoms with E-state index in [-0.39, 0.29) is 24.7 Å². The molecular formula is C28H25IN4O5. The largest absolute Gasteiger partial charge is 0.490 e. The molecule has 4 aromatic rings. The number of carbonyl (C=O) groups is 1. The molecule has 9 nitrogen and oxygen atoms in total. The van der Waals surface area contributed by atoms with Gasteiger partial charge in [-0.25, -0.2) is 5.43 Å². The van der Waals surface area contributed by atoms with Crippen LogP contribution in [0.3, 0.4) is 0 Å². The summed E-state index contributed by atoms with van der Waals surface area (Å²) in [6.45, 7) is 2.60. The molecule has 0 radical (unpaired) electrons. The van der Waals surface area contributed by atoms with Crippen LogP contribution in [0.2, 0.25) is 0 Å². The highest BCUT2D eigenvalue weighted by atomic mass is 127. The van der Waals surface area contributed by atoms with E-state index in [4.69, 9.17) is 9.47 Å². The fraction of sp³-hybridized carbons (Fsp3) is 0.143. The Morgan fingerprint density at radius 1 is 1.05 bits per heavy atom. The first-order chi connectivity index (χ1) is 18.4. The van der Waals surface area contributed by atoms with E-state index in [0.29, 0.717) is 18.1 Å². The van der Waals surface area contributed by atoms with Crippen LogP contribution < -0.4 is 20.2 Å². The van der Waals surface area contributed by atoms with E-state index < -0.39 is 4.92 Å². The van der Waals surface area contributed by atoms with Gasteiger partial charge in [-0.2, -0.15) is 5.10 Å². The summed E-state index contributed by atoms with van der Waals surface area (Å²) in [5, 5.41) is 20.2. The molecule has 0 aliphatic carbocycles. The molecule has 38 heavy (non-hydrogen) atoms. The Bertz CT molecular complexity index is 1470. The van der Waals surface area contributed by atoms with Crippen molar-refractivity contribution >= 4 is 56.9 Å². The number of fused-ring (bicyclic) bond motifs is 1. The Morgan fingerprint density at radius 2 is 1.82 bits per heavy atom. The molecule has 1 amide bonds. The third-order valence-electron chi connectivity index (χ3n) is 5.49. The van der Waals surface area contributed by atoms with Crippen LogP contribution in [0, 0.1) is 13.7 Å². The van der Waals surface area contributed by atoms with Gasteiger partial charge in [0.05, 0.1) is 27.9 Å². The summed E-state index contributed by atoms with van der Waals surface area (Å²) in [4.78, 5) is 22.8. The highest BCUT2D eigenvalue weighted by Gasteiger charge is 2.13. The Balaban J connectivity index is 1.37. The Morgan fingerprint density at radius 3 is 2.58 bits per heavy atom. The smallest absolute Gasteiger partial charge is 0.269 e. The molecule has 0 bridgehead atoms. The summed E-state index contributed by atoms with van der Waals surface area (Å²) in [5.74, 6) is 0.815. The SMILES string of the molecule is CCOc1cc(/C=N\NC(=O)CNc2cccc3ccccc23)cc(I)c1OCc1ccc([N+](=O)[O-])cc1. The maximum absolute atomic E-state index is 12.3. The maximum atomic E-state index is 12.3. The van der Waals surface area contributed by atoms with Gasteiger partial charge in [-0.1, -0.05) is 36.4 Å². The van der Waals surface area contributed by atoms with Crippen molar-refractivity contribution in [2.45, 2.75) is 13.5 Å². The van der Waals surface area contributed by atoms with Crippen LogP contribution in [-0.2, 0) is 11.4 Å². The minimum Gasteiger partial charge on any atom is -0.490 e. The maximum Gasteiger partial charge on any atom is 0.269 e. The second-order valence-corrected chi connectivity index (χ2v) is 9.31. The number of hydrogen-bond donors (Lipinski definition) is 2. The predicted molar refractivity (Wildman–Crippen MR) is 156 cm³/mol. The van der Waals surface area contributed by atoms with Crippen molar-refractivity contribution < 1.29 is 19.2 Å². The number of anilines is 1. The van der Waals surface area contributed by atoms with Gasteiger partial charge in [-0.05, 0) is 76.4 Å². The van der Waals surface area contributed by atoms with Crippen molar-refractivity contribution in [3.05, 3.63) is 104 Å². The number of nitro groups is 1. The zero-order chi connectivity index (χ0) is 26.9. The summed E-state index contributed by atoms with van der Waals surface area (Å²) in [7, 11) is 0. The van der Waals surface area contributed by atoms with Crippen molar-refractivity contribution in [2.24, 2.45) is 5.10 Å². The number of ether oxygens (including phenoxy) is 2. The molecule has 2 N–H and O–H groups in total. The molecule has 0 saturated carbocycles. The van der Waals surface area contributed by atoms with Crippen LogP contribution in [0.15, 0.2) is 84.0 Å². The van der Waals surface area contributed by atoms with Gasteiger partial charge in [0.1, 0.15) is 6.61 Å². The van der Waals surface area contributed by atoms with Crippen LogP contribution in [0.4, 0.5) is 11.4 Å². The van der Waals surface area contributed by atoms with E-state index in [1.54, 1.807) is 24.4 Å². The van der Waals surface area contributed by atoms with Gasteiger partial charge in [-0.15, -0.1) is 0 Å². The number of carbonyl (C=O) groups excluding carboxylic acids is 1. The zero-order valence-electron chi connectivity index (χ0n) is 20.5. The lowest BCUT2D eigenvalue weighted by Crippen LogP contribution is -2.25. The normalized spacial score (nSPS) is 10.9. The number of hydrogen-bond acceptors (Lipinski definition) is 7. The first-order valence-electron chi connectivity index (χ1n) is 11.8. The van der Waals surface area contributed by atoms with Gasteiger partial charge < -0.3 is 14.8 Å². The lowest BCUT2D eigenvalue weighted by molar-refractivity contribution is -0.384. The van der Waals surface area contributed by atoms with E-state index >= 15 is 0 Å². The number of non-ortho nitro benzene ring substituents is 1. The van der Waals surface area contributed by atoms with Gasteiger partial charge in [0, 0.05) is 23.2 Å². The third kappa shape index (κ3) is 6.97. The fourth-order valence-electron chi connectivity index (χ4n) is 3.71. The Labute approximate surface area is 233 Å². The van der Waals surface area contributed by atoms with Gasteiger partial charge >= 0.3 is 0 Å². The molecule has 0 heterocycles. The lowest BCUT2D eigenvalue weighted by atomic mass is 10.1. The topological polar surface area (TPSA) is 115 Å². The van der Waals surface area contributed by atoms with Gasteiger partial charge in [-0.3, -0.25) is 14.9 Å². The number of halogens is 1. The second-order valence-electron chi connectivity index (χ2n) is 8.15. The monoisotopic (exact) mass is 624 g/mol. The molecule has 0 aliphatic heterocycles. The first kappa shape index (κ1) is 26.9. The Kier molecular flexibility index (Phi) is 9.09. The van der Waals surface area contributed by atoms with Crippen molar-refractivity contribution in [3.8, 4) is 11.5 Å². The van der Waals surface area contributed by atoms with E-state index in [1.807, 2.05) is 55.5 Å². The molecule has 4 aromatic carbocycles. The lowest BCUT2D eigenvalue weighted by Gasteiger charge is -2.14. The molecule has 0 spiro atoms. The zero-order valence-corrected chi connectivity index (χ0v) is 22.7. The summed E-state index contributed by atoms with van der Waals surface area (Å²) >= 11 is 2.15. The number of nitro benzene ring substituents is 1. The van der Waals surface area contributed by atoms with Crippen LogP contribution in [0.1, 0.15) is 18.1 Å². The van der Waals surface area contributed by atoms with Crippen LogP contribution in [0.25, 0.3) is 10.8 Å². The molecular weight excluding hydrogens is 599 g/mol. The highest BCUT2D eigenvalue weighted by molar-refractivity contribution is 14.1. The molecule has 0 fully saturated rings. The number of nitrogens with zero attached hydrogens (tertiary/aromatic N) is 2. The minimum absolute atomic E-state index is 0.0263. The number of benzene rings is 4. The summed E-state index contributed by atoms with van der Waals surface area (Å²) < 4.78 is 12.5. The fourth-order valence-corrected chi connectivity index (χ4v) is 4.49. The third-order valence-corrected chi connectivity index (χ3v) is 6.30. The van der Waals surface area contributed by atoms with Gasteiger partial charge in [0.15, 0.2) is 11.5 Å². The summed E-state index contributed by atoms with van der Waals surface area (Å²) in [5.41, 5.74) is 4.96. The number of amides is 1. The number of hydrazone groups is 1. The summed E-state index contributed by atoms with van der Waals surface area (Å²) in [6, 6.07) is 23.7.